The fourth-order valence-electron chi connectivity index (χ4n) is 2.99. The van der Waals surface area contributed by atoms with Crippen LogP contribution in [0.2, 0.25) is 0 Å². The number of para-hydroxylation sites is 1. The van der Waals surface area contributed by atoms with E-state index in [2.05, 4.69) is 34.5 Å². The molecule has 4 rings (SSSR count). The van der Waals surface area contributed by atoms with Gasteiger partial charge in [-0.15, -0.1) is 10.2 Å². The van der Waals surface area contributed by atoms with Crippen molar-refractivity contribution in [3.63, 3.8) is 0 Å². The van der Waals surface area contributed by atoms with Crippen molar-refractivity contribution in [3.05, 3.63) is 84.3 Å². The fourth-order valence-corrected chi connectivity index (χ4v) is 3.69. The Bertz CT molecular complexity index is 1090. The summed E-state index contributed by atoms with van der Waals surface area (Å²) in [6.45, 7) is 0. The number of carbonyl (C=O) groups is 1. The number of rotatable bonds is 6. The van der Waals surface area contributed by atoms with E-state index in [1.165, 1.54) is 22.5 Å². The molecular formula is C22H19N3O2S. The molecule has 0 aliphatic rings. The van der Waals surface area contributed by atoms with Gasteiger partial charge < -0.3 is 9.32 Å². The zero-order chi connectivity index (χ0) is 19.3. The number of hydrogen-bond acceptors (Lipinski definition) is 5. The maximum Gasteiger partial charge on any atom is 0.277 e. The second-order valence-corrected chi connectivity index (χ2v) is 7.28. The van der Waals surface area contributed by atoms with Gasteiger partial charge in [-0.2, -0.15) is 0 Å². The summed E-state index contributed by atoms with van der Waals surface area (Å²) in [6, 6.07) is 23.9. The largest absolute Gasteiger partial charge is 0.416 e. The first-order valence-corrected chi connectivity index (χ1v) is 9.93. The van der Waals surface area contributed by atoms with Gasteiger partial charge in [-0.25, -0.2) is 0 Å². The molecule has 1 amide bonds. The highest BCUT2D eigenvalue weighted by atomic mass is 32.2. The SMILES string of the molecule is CN(C(=O)CSc1nnc(Cc2cccc3ccccc23)o1)c1ccccc1. The first-order valence-electron chi connectivity index (χ1n) is 8.94. The Labute approximate surface area is 167 Å². The van der Waals surface area contributed by atoms with Gasteiger partial charge in [0.2, 0.25) is 11.8 Å². The van der Waals surface area contributed by atoms with Gasteiger partial charge in [0, 0.05) is 12.7 Å². The van der Waals surface area contributed by atoms with Gasteiger partial charge in [0.25, 0.3) is 5.22 Å². The summed E-state index contributed by atoms with van der Waals surface area (Å²) >= 11 is 1.26. The smallest absolute Gasteiger partial charge is 0.277 e. The van der Waals surface area contributed by atoms with Crippen LogP contribution in [0.5, 0.6) is 0 Å². The van der Waals surface area contributed by atoms with E-state index < -0.39 is 0 Å². The number of aromatic nitrogens is 2. The van der Waals surface area contributed by atoms with E-state index in [-0.39, 0.29) is 11.7 Å². The van der Waals surface area contributed by atoms with E-state index in [4.69, 9.17) is 4.42 Å². The van der Waals surface area contributed by atoms with Crippen molar-refractivity contribution in [1.82, 2.24) is 10.2 Å². The molecule has 4 aromatic rings. The minimum atomic E-state index is -0.0231. The third-order valence-corrected chi connectivity index (χ3v) is 5.31. The van der Waals surface area contributed by atoms with Crippen LogP contribution < -0.4 is 4.90 Å². The molecule has 0 bridgehead atoms. The molecule has 0 saturated heterocycles. The third-order valence-electron chi connectivity index (χ3n) is 4.51. The summed E-state index contributed by atoms with van der Waals surface area (Å²) in [7, 11) is 1.76. The van der Waals surface area contributed by atoms with Gasteiger partial charge in [-0.05, 0) is 28.5 Å². The van der Waals surface area contributed by atoms with Crippen molar-refractivity contribution in [1.29, 1.82) is 0 Å². The number of amides is 1. The third kappa shape index (κ3) is 4.07. The van der Waals surface area contributed by atoms with Gasteiger partial charge in [0.1, 0.15) is 0 Å². The molecule has 0 N–H and O–H groups in total. The predicted molar refractivity (Wildman–Crippen MR) is 112 cm³/mol. The number of hydrogen-bond donors (Lipinski definition) is 0. The Morgan fingerprint density at radius 1 is 0.964 bits per heavy atom. The van der Waals surface area contributed by atoms with Crippen molar-refractivity contribution >= 4 is 34.1 Å². The van der Waals surface area contributed by atoms with E-state index in [0.29, 0.717) is 17.5 Å². The van der Waals surface area contributed by atoms with Gasteiger partial charge in [-0.3, -0.25) is 4.79 Å². The van der Waals surface area contributed by atoms with Crippen molar-refractivity contribution in [2.24, 2.45) is 0 Å². The Morgan fingerprint density at radius 3 is 2.57 bits per heavy atom. The molecule has 0 atom stereocenters. The van der Waals surface area contributed by atoms with E-state index in [0.717, 1.165) is 11.3 Å². The summed E-state index contributed by atoms with van der Waals surface area (Å²) < 4.78 is 5.74. The van der Waals surface area contributed by atoms with Gasteiger partial charge in [0.15, 0.2) is 0 Å². The minimum absolute atomic E-state index is 0.0231. The molecule has 5 nitrogen and oxygen atoms in total. The zero-order valence-corrected chi connectivity index (χ0v) is 16.2. The normalized spacial score (nSPS) is 10.9. The number of nitrogens with zero attached hydrogens (tertiary/aromatic N) is 3. The van der Waals surface area contributed by atoms with E-state index >= 15 is 0 Å². The first kappa shape index (κ1) is 18.3. The number of fused-ring (bicyclic) bond motifs is 1. The van der Waals surface area contributed by atoms with Gasteiger partial charge in [0.05, 0.1) is 12.2 Å². The van der Waals surface area contributed by atoms with Crippen LogP contribution in [0.25, 0.3) is 10.8 Å². The number of benzene rings is 3. The summed E-state index contributed by atoms with van der Waals surface area (Å²) in [6.07, 6.45) is 0.562. The molecule has 0 aliphatic carbocycles. The molecule has 1 heterocycles. The molecule has 0 fully saturated rings. The maximum absolute atomic E-state index is 12.4. The molecule has 0 spiro atoms. The second kappa shape index (κ2) is 8.27. The number of carbonyl (C=O) groups excluding carboxylic acids is 1. The average molecular weight is 389 g/mol. The molecule has 140 valence electrons. The fraction of sp³-hybridized carbons (Fsp3) is 0.136. The van der Waals surface area contributed by atoms with Crippen molar-refractivity contribution < 1.29 is 9.21 Å². The molecule has 0 aliphatic heterocycles. The van der Waals surface area contributed by atoms with Crippen molar-refractivity contribution in [2.75, 3.05) is 17.7 Å². The lowest BCUT2D eigenvalue weighted by atomic mass is 10.0. The van der Waals surface area contributed by atoms with E-state index in [9.17, 15) is 4.79 Å². The average Bonchev–Trinajstić information content (AvgIpc) is 3.20. The highest BCUT2D eigenvalue weighted by molar-refractivity contribution is 7.99. The monoisotopic (exact) mass is 389 g/mol. The first-order chi connectivity index (χ1) is 13.7. The standard InChI is InChI=1S/C22H19N3O2S/c1-25(18-11-3-2-4-12-18)21(26)15-28-22-24-23-20(27-22)14-17-10-7-9-16-8-5-6-13-19(16)17/h2-13H,14-15H2,1H3. The molecule has 0 unspecified atom stereocenters. The van der Waals surface area contributed by atoms with Crippen LogP contribution in [0, 0.1) is 0 Å². The molecule has 6 heteroatoms. The summed E-state index contributed by atoms with van der Waals surface area (Å²) in [4.78, 5) is 14.0. The minimum Gasteiger partial charge on any atom is -0.416 e. The number of thioether (sulfide) groups is 1. The molecule has 0 radical (unpaired) electrons. The van der Waals surface area contributed by atoms with Crippen molar-refractivity contribution in [2.45, 2.75) is 11.6 Å². The number of anilines is 1. The Hall–Kier alpha value is -3.12. The molecular weight excluding hydrogens is 370 g/mol. The topological polar surface area (TPSA) is 59.2 Å². The van der Waals surface area contributed by atoms with Crippen LogP contribution in [0.15, 0.2) is 82.4 Å². The van der Waals surface area contributed by atoms with Crippen LogP contribution in [-0.2, 0) is 11.2 Å². The lowest BCUT2D eigenvalue weighted by molar-refractivity contribution is -0.115. The Balaban J connectivity index is 1.40. The van der Waals surface area contributed by atoms with Crippen LogP contribution in [0.4, 0.5) is 5.69 Å². The molecule has 0 saturated carbocycles. The van der Waals surface area contributed by atoms with Crippen molar-refractivity contribution in [3.8, 4) is 0 Å². The second-order valence-electron chi connectivity index (χ2n) is 6.35. The van der Waals surface area contributed by atoms with Crippen LogP contribution in [0.1, 0.15) is 11.5 Å². The van der Waals surface area contributed by atoms with Gasteiger partial charge in [-0.1, -0.05) is 72.4 Å². The lowest BCUT2D eigenvalue weighted by Crippen LogP contribution is -2.27. The summed E-state index contributed by atoms with van der Waals surface area (Å²) in [5.74, 6) is 0.758. The highest BCUT2D eigenvalue weighted by Crippen LogP contribution is 2.23. The Kier molecular flexibility index (Phi) is 5.39. The quantitative estimate of drug-likeness (QED) is 0.452. The summed E-state index contributed by atoms with van der Waals surface area (Å²) in [5, 5.41) is 11.0. The Morgan fingerprint density at radius 2 is 1.71 bits per heavy atom. The zero-order valence-electron chi connectivity index (χ0n) is 15.4. The highest BCUT2D eigenvalue weighted by Gasteiger charge is 2.14. The van der Waals surface area contributed by atoms with E-state index in [1.807, 2.05) is 48.5 Å². The van der Waals surface area contributed by atoms with E-state index in [1.54, 1.807) is 11.9 Å². The molecule has 1 aromatic heterocycles. The maximum atomic E-state index is 12.4. The molecule has 28 heavy (non-hydrogen) atoms. The lowest BCUT2D eigenvalue weighted by Gasteiger charge is -2.16. The van der Waals surface area contributed by atoms with Crippen LogP contribution >= 0.6 is 11.8 Å². The van der Waals surface area contributed by atoms with Crippen LogP contribution in [-0.4, -0.2) is 28.9 Å². The van der Waals surface area contributed by atoms with Crippen LogP contribution in [0.3, 0.4) is 0 Å². The summed E-state index contributed by atoms with van der Waals surface area (Å²) in [5.41, 5.74) is 1.99. The molecule has 3 aromatic carbocycles. The predicted octanol–water partition coefficient (Wildman–Crippen LogP) is 4.57. The van der Waals surface area contributed by atoms with Gasteiger partial charge >= 0.3 is 0 Å².